The molecule has 0 fully saturated rings. The second-order valence-electron chi connectivity index (χ2n) is 3.41. The monoisotopic (exact) mass is 219 g/mol. The number of aromatic hydroxyl groups is 1. The third-order valence-electron chi connectivity index (χ3n) is 2.24. The van der Waals surface area contributed by atoms with E-state index < -0.39 is 0 Å². The minimum Gasteiger partial charge on any atom is -0.508 e. The highest BCUT2D eigenvalue weighted by Crippen LogP contribution is 2.29. The van der Waals surface area contributed by atoms with Crippen LogP contribution in [-0.4, -0.2) is 10.1 Å². The summed E-state index contributed by atoms with van der Waals surface area (Å²) < 4.78 is 0. The minimum atomic E-state index is 0.292. The summed E-state index contributed by atoms with van der Waals surface area (Å²) in [6.07, 6.45) is 0.983. The topological polar surface area (TPSA) is 33.1 Å². The fourth-order valence-corrected chi connectivity index (χ4v) is 2.49. The quantitative estimate of drug-likeness (QED) is 0.839. The van der Waals surface area contributed by atoms with Crippen LogP contribution in [0.5, 0.6) is 5.75 Å². The summed E-state index contributed by atoms with van der Waals surface area (Å²) in [4.78, 5) is 5.78. The van der Waals surface area contributed by atoms with E-state index in [-0.39, 0.29) is 0 Å². The molecule has 0 atom stereocenters. The first-order chi connectivity index (χ1) is 7.20. The van der Waals surface area contributed by atoms with E-state index in [0.717, 1.165) is 22.7 Å². The van der Waals surface area contributed by atoms with Gasteiger partial charge in [0.2, 0.25) is 0 Å². The Morgan fingerprint density at radius 2 is 2.20 bits per heavy atom. The molecule has 2 nitrogen and oxygen atoms in total. The van der Waals surface area contributed by atoms with Crippen LogP contribution in [0.4, 0.5) is 0 Å². The third kappa shape index (κ3) is 2.02. The molecule has 0 saturated heterocycles. The fourth-order valence-electron chi connectivity index (χ4n) is 1.59. The summed E-state index contributed by atoms with van der Waals surface area (Å²) in [5.41, 5.74) is 2.01. The van der Waals surface area contributed by atoms with Gasteiger partial charge in [0, 0.05) is 10.4 Å². The van der Waals surface area contributed by atoms with Crippen LogP contribution in [0.15, 0.2) is 24.3 Å². The number of hydrogen-bond donors (Lipinski definition) is 1. The molecule has 2 aromatic rings. The SMILES string of the molecule is CCc1sc(C)nc1-c1cccc(O)c1. The summed E-state index contributed by atoms with van der Waals surface area (Å²) in [5.74, 6) is 0.292. The van der Waals surface area contributed by atoms with Crippen LogP contribution in [0.3, 0.4) is 0 Å². The molecule has 2 rings (SSSR count). The Labute approximate surface area is 93.2 Å². The second kappa shape index (κ2) is 4.03. The van der Waals surface area contributed by atoms with Gasteiger partial charge in [0.15, 0.2) is 0 Å². The number of aromatic nitrogens is 1. The Morgan fingerprint density at radius 1 is 1.40 bits per heavy atom. The first kappa shape index (κ1) is 10.2. The lowest BCUT2D eigenvalue weighted by Crippen LogP contribution is -1.83. The van der Waals surface area contributed by atoms with Gasteiger partial charge in [0.05, 0.1) is 10.7 Å². The summed E-state index contributed by atoms with van der Waals surface area (Å²) in [6, 6.07) is 7.26. The summed E-state index contributed by atoms with van der Waals surface area (Å²) >= 11 is 1.72. The Kier molecular flexibility index (Phi) is 2.73. The smallest absolute Gasteiger partial charge is 0.116 e. The molecule has 0 radical (unpaired) electrons. The Bertz CT molecular complexity index is 476. The number of hydrogen-bond acceptors (Lipinski definition) is 3. The average molecular weight is 219 g/mol. The van der Waals surface area contributed by atoms with Gasteiger partial charge in [-0.25, -0.2) is 4.98 Å². The molecular weight excluding hydrogens is 206 g/mol. The number of rotatable bonds is 2. The molecule has 0 unspecified atom stereocenters. The van der Waals surface area contributed by atoms with Gasteiger partial charge in [-0.15, -0.1) is 11.3 Å². The maximum atomic E-state index is 9.42. The number of phenols is 1. The Morgan fingerprint density at radius 3 is 2.87 bits per heavy atom. The third-order valence-corrected chi connectivity index (χ3v) is 3.36. The van der Waals surface area contributed by atoms with Crippen LogP contribution in [0, 0.1) is 6.92 Å². The van der Waals surface area contributed by atoms with E-state index in [1.807, 2.05) is 19.1 Å². The van der Waals surface area contributed by atoms with Crippen molar-refractivity contribution in [3.63, 3.8) is 0 Å². The van der Waals surface area contributed by atoms with Gasteiger partial charge in [-0.2, -0.15) is 0 Å². The molecule has 1 aromatic carbocycles. The maximum absolute atomic E-state index is 9.42. The molecule has 3 heteroatoms. The summed E-state index contributed by atoms with van der Waals surface area (Å²) in [7, 11) is 0. The van der Waals surface area contributed by atoms with Gasteiger partial charge in [0.25, 0.3) is 0 Å². The highest BCUT2D eigenvalue weighted by molar-refractivity contribution is 7.12. The van der Waals surface area contributed by atoms with Crippen molar-refractivity contribution < 1.29 is 5.11 Å². The standard InChI is InChI=1S/C12H13NOS/c1-3-11-12(13-8(2)15-11)9-5-4-6-10(14)7-9/h4-7,14H,3H2,1-2H3. The van der Waals surface area contributed by atoms with E-state index in [1.165, 1.54) is 4.88 Å². The van der Waals surface area contributed by atoms with Crippen LogP contribution >= 0.6 is 11.3 Å². The molecule has 1 heterocycles. The molecule has 0 saturated carbocycles. The van der Waals surface area contributed by atoms with E-state index in [9.17, 15) is 5.11 Å². The molecule has 0 aliphatic rings. The van der Waals surface area contributed by atoms with Crippen molar-refractivity contribution in [3.8, 4) is 17.0 Å². The molecule has 0 aliphatic heterocycles. The Hall–Kier alpha value is -1.35. The molecule has 15 heavy (non-hydrogen) atoms. The predicted molar refractivity (Wildman–Crippen MR) is 63.3 cm³/mol. The van der Waals surface area contributed by atoms with Gasteiger partial charge in [0.1, 0.15) is 5.75 Å². The van der Waals surface area contributed by atoms with Crippen molar-refractivity contribution >= 4 is 11.3 Å². The molecule has 0 aliphatic carbocycles. The number of aryl methyl sites for hydroxylation is 2. The van der Waals surface area contributed by atoms with Crippen molar-refractivity contribution in [3.05, 3.63) is 34.2 Å². The van der Waals surface area contributed by atoms with Crippen molar-refractivity contribution in [2.45, 2.75) is 20.3 Å². The van der Waals surface area contributed by atoms with Gasteiger partial charge in [-0.05, 0) is 25.5 Å². The van der Waals surface area contributed by atoms with Crippen molar-refractivity contribution in [2.75, 3.05) is 0 Å². The van der Waals surface area contributed by atoms with Crippen molar-refractivity contribution in [2.24, 2.45) is 0 Å². The molecule has 0 amide bonds. The van der Waals surface area contributed by atoms with Crippen LogP contribution in [0.1, 0.15) is 16.8 Å². The van der Waals surface area contributed by atoms with Crippen molar-refractivity contribution in [1.82, 2.24) is 4.98 Å². The largest absolute Gasteiger partial charge is 0.508 e. The normalized spacial score (nSPS) is 10.5. The van der Waals surface area contributed by atoms with E-state index in [2.05, 4.69) is 11.9 Å². The molecule has 78 valence electrons. The highest BCUT2D eigenvalue weighted by Gasteiger charge is 2.09. The summed E-state index contributed by atoms with van der Waals surface area (Å²) in [6.45, 7) is 4.13. The fraction of sp³-hybridized carbons (Fsp3) is 0.250. The maximum Gasteiger partial charge on any atom is 0.116 e. The zero-order chi connectivity index (χ0) is 10.8. The molecule has 1 aromatic heterocycles. The van der Waals surface area contributed by atoms with Crippen LogP contribution in [-0.2, 0) is 6.42 Å². The van der Waals surface area contributed by atoms with E-state index in [0.29, 0.717) is 5.75 Å². The second-order valence-corrected chi connectivity index (χ2v) is 4.70. The lowest BCUT2D eigenvalue weighted by molar-refractivity contribution is 0.475. The molecule has 0 bridgehead atoms. The van der Waals surface area contributed by atoms with Gasteiger partial charge < -0.3 is 5.11 Å². The first-order valence-corrected chi connectivity index (χ1v) is 5.78. The number of benzene rings is 1. The number of thiazole rings is 1. The predicted octanol–water partition coefficient (Wildman–Crippen LogP) is 3.39. The van der Waals surface area contributed by atoms with E-state index in [4.69, 9.17) is 0 Å². The Balaban J connectivity index is 2.53. The van der Waals surface area contributed by atoms with E-state index >= 15 is 0 Å². The molecular formula is C12H13NOS. The van der Waals surface area contributed by atoms with Gasteiger partial charge in [-0.3, -0.25) is 0 Å². The lowest BCUT2D eigenvalue weighted by Gasteiger charge is -2.00. The average Bonchev–Trinajstić information content (AvgIpc) is 2.59. The van der Waals surface area contributed by atoms with Crippen LogP contribution in [0.2, 0.25) is 0 Å². The highest BCUT2D eigenvalue weighted by atomic mass is 32.1. The lowest BCUT2D eigenvalue weighted by atomic mass is 10.1. The number of phenolic OH excluding ortho intramolecular Hbond substituents is 1. The zero-order valence-electron chi connectivity index (χ0n) is 8.82. The molecule has 1 N–H and O–H groups in total. The van der Waals surface area contributed by atoms with Gasteiger partial charge in [-0.1, -0.05) is 19.1 Å². The van der Waals surface area contributed by atoms with Crippen LogP contribution in [0.25, 0.3) is 11.3 Å². The van der Waals surface area contributed by atoms with Crippen LogP contribution < -0.4 is 0 Å². The molecule has 0 spiro atoms. The van der Waals surface area contributed by atoms with E-state index in [1.54, 1.807) is 23.5 Å². The first-order valence-electron chi connectivity index (χ1n) is 4.96. The number of nitrogens with zero attached hydrogens (tertiary/aromatic N) is 1. The van der Waals surface area contributed by atoms with Crippen molar-refractivity contribution in [1.29, 1.82) is 0 Å². The zero-order valence-corrected chi connectivity index (χ0v) is 9.64. The minimum absolute atomic E-state index is 0.292. The summed E-state index contributed by atoms with van der Waals surface area (Å²) in [5, 5.41) is 10.5. The van der Waals surface area contributed by atoms with Gasteiger partial charge >= 0.3 is 0 Å².